The van der Waals surface area contributed by atoms with Crippen molar-refractivity contribution in [1.29, 1.82) is 0 Å². The highest BCUT2D eigenvalue weighted by atomic mass is 79.9. The van der Waals surface area contributed by atoms with Gasteiger partial charge < -0.3 is 0 Å². The zero-order valence-electron chi connectivity index (χ0n) is 13.4. The monoisotopic (exact) mass is 378 g/mol. The second-order valence-electron chi connectivity index (χ2n) is 6.47. The van der Waals surface area contributed by atoms with Crippen LogP contribution < -0.4 is 0 Å². The summed E-state index contributed by atoms with van der Waals surface area (Å²) in [6.07, 6.45) is 0.898. The maximum Gasteiger partial charge on any atom is 0.0375 e. The van der Waals surface area contributed by atoms with Gasteiger partial charge in [-0.05, 0) is 50.5 Å². The molecule has 2 rings (SSSR count). The van der Waals surface area contributed by atoms with Crippen molar-refractivity contribution < 1.29 is 4.21 Å². The van der Waals surface area contributed by atoms with Crippen molar-refractivity contribution in [2.24, 2.45) is 0 Å². The van der Waals surface area contributed by atoms with Gasteiger partial charge in [0, 0.05) is 31.7 Å². The molecule has 0 amide bonds. The smallest absolute Gasteiger partial charge is 0.0375 e. The average molecular weight is 379 g/mol. The minimum Gasteiger partial charge on any atom is -0.259 e. The Morgan fingerprint density at radius 2 is 1.50 bits per heavy atom. The van der Waals surface area contributed by atoms with E-state index in [-0.39, 0.29) is 4.75 Å². The third-order valence-electron chi connectivity index (χ3n) is 3.75. The van der Waals surface area contributed by atoms with Crippen molar-refractivity contribution in [2.45, 2.75) is 37.9 Å². The van der Waals surface area contributed by atoms with Gasteiger partial charge in [-0.2, -0.15) is 0 Å². The lowest BCUT2D eigenvalue weighted by Crippen LogP contribution is -2.25. The van der Waals surface area contributed by atoms with E-state index >= 15 is 0 Å². The molecule has 0 unspecified atom stereocenters. The summed E-state index contributed by atoms with van der Waals surface area (Å²) < 4.78 is 13.3. The Bertz CT molecular complexity index is 614. The van der Waals surface area contributed by atoms with E-state index in [0.717, 1.165) is 16.6 Å². The molecule has 0 saturated heterocycles. The zero-order valence-corrected chi connectivity index (χ0v) is 15.8. The van der Waals surface area contributed by atoms with Crippen molar-refractivity contribution in [3.05, 3.63) is 70.2 Å². The summed E-state index contributed by atoms with van der Waals surface area (Å²) in [5.74, 6) is 1.01. The molecule has 0 aliphatic heterocycles. The molecule has 22 heavy (non-hydrogen) atoms. The second-order valence-corrected chi connectivity index (χ2v) is 9.71. The number of hydrogen-bond acceptors (Lipinski definition) is 1. The van der Waals surface area contributed by atoms with Gasteiger partial charge >= 0.3 is 0 Å². The van der Waals surface area contributed by atoms with Crippen LogP contribution in [0.25, 0.3) is 0 Å². The van der Waals surface area contributed by atoms with Gasteiger partial charge in [0.05, 0.1) is 0 Å². The molecule has 0 aliphatic rings. The van der Waals surface area contributed by atoms with Crippen LogP contribution in [0, 0.1) is 0 Å². The van der Waals surface area contributed by atoms with Crippen LogP contribution in [0.5, 0.6) is 0 Å². The topological polar surface area (TPSA) is 17.1 Å². The molecule has 0 fully saturated rings. The number of rotatable bonds is 5. The Balaban J connectivity index is 2.23. The fraction of sp³-hybridized carbons (Fsp3) is 0.368. The number of halogens is 1. The minimum absolute atomic E-state index is 0.152. The molecule has 2 aromatic carbocycles. The molecule has 0 N–H and O–H groups in total. The quantitative estimate of drug-likeness (QED) is 0.669. The summed E-state index contributed by atoms with van der Waals surface area (Å²) in [4.78, 5) is 0. The molecule has 0 bridgehead atoms. The van der Waals surface area contributed by atoms with Crippen LogP contribution in [-0.4, -0.2) is 14.7 Å². The summed E-state index contributed by atoms with van der Waals surface area (Å²) in [7, 11) is -0.819. The van der Waals surface area contributed by atoms with E-state index in [0.29, 0.717) is 5.92 Å². The van der Waals surface area contributed by atoms with Crippen LogP contribution >= 0.6 is 15.9 Å². The van der Waals surface area contributed by atoms with Gasteiger partial charge in [0.1, 0.15) is 0 Å². The predicted molar refractivity (Wildman–Crippen MR) is 99.8 cm³/mol. The molecule has 0 spiro atoms. The maximum absolute atomic E-state index is 12.4. The fourth-order valence-electron chi connectivity index (χ4n) is 2.44. The largest absolute Gasteiger partial charge is 0.259 e. The molecule has 2 atom stereocenters. The van der Waals surface area contributed by atoms with Crippen LogP contribution in [0.3, 0.4) is 0 Å². The van der Waals surface area contributed by atoms with Gasteiger partial charge in [0.15, 0.2) is 0 Å². The van der Waals surface area contributed by atoms with Crippen molar-refractivity contribution in [3.63, 3.8) is 0 Å². The second kappa shape index (κ2) is 7.56. The molecule has 118 valence electrons. The summed E-state index contributed by atoms with van der Waals surface area (Å²) in [5, 5.41) is 0. The van der Waals surface area contributed by atoms with Crippen LogP contribution in [-0.2, 0) is 10.8 Å². The summed E-state index contributed by atoms with van der Waals surface area (Å²) in [5.41, 5.74) is 2.57. The van der Waals surface area contributed by atoms with Gasteiger partial charge in [-0.1, -0.05) is 58.4 Å². The highest BCUT2D eigenvalue weighted by Gasteiger charge is 2.22. The lowest BCUT2D eigenvalue weighted by atomic mass is 9.89. The van der Waals surface area contributed by atoms with E-state index in [1.807, 2.05) is 26.8 Å². The molecule has 0 aromatic heterocycles. The third-order valence-corrected chi connectivity index (χ3v) is 6.25. The highest BCUT2D eigenvalue weighted by molar-refractivity contribution is 9.10. The van der Waals surface area contributed by atoms with E-state index in [1.165, 1.54) is 11.1 Å². The number of hydrogen-bond donors (Lipinski definition) is 0. The summed E-state index contributed by atoms with van der Waals surface area (Å²) in [6, 6.07) is 19.0. The molecule has 2 aromatic rings. The Labute approximate surface area is 144 Å². The average Bonchev–Trinajstić information content (AvgIpc) is 2.49. The summed E-state index contributed by atoms with van der Waals surface area (Å²) in [6.45, 7) is 6.13. The van der Waals surface area contributed by atoms with Gasteiger partial charge in [0.2, 0.25) is 0 Å². The molecule has 0 heterocycles. The Hall–Kier alpha value is -0.930. The molecule has 1 nitrogen and oxygen atoms in total. The fourth-order valence-corrected chi connectivity index (χ4v) is 3.76. The van der Waals surface area contributed by atoms with Crippen molar-refractivity contribution in [3.8, 4) is 0 Å². The van der Waals surface area contributed by atoms with Gasteiger partial charge in [-0.25, -0.2) is 0 Å². The lowest BCUT2D eigenvalue weighted by Gasteiger charge is -2.22. The van der Waals surface area contributed by atoms with Crippen LogP contribution in [0.1, 0.15) is 44.2 Å². The van der Waals surface area contributed by atoms with Gasteiger partial charge in [-0.15, -0.1) is 0 Å². The predicted octanol–water partition coefficient (Wildman–Crippen LogP) is 5.52. The van der Waals surface area contributed by atoms with Crippen molar-refractivity contribution >= 4 is 26.7 Å². The molecular formula is C19H23BrOS. The first-order chi connectivity index (χ1) is 10.4. The van der Waals surface area contributed by atoms with Gasteiger partial charge in [0.25, 0.3) is 0 Å². The number of benzene rings is 2. The molecule has 3 heteroatoms. The van der Waals surface area contributed by atoms with Crippen molar-refractivity contribution in [1.82, 2.24) is 0 Å². The van der Waals surface area contributed by atoms with E-state index < -0.39 is 10.8 Å². The Morgan fingerprint density at radius 1 is 0.955 bits per heavy atom. The lowest BCUT2D eigenvalue weighted by molar-refractivity contribution is 0.641. The first-order valence-electron chi connectivity index (χ1n) is 7.57. The Kier molecular flexibility index (Phi) is 5.99. The first-order valence-corrected chi connectivity index (χ1v) is 9.68. The Morgan fingerprint density at radius 3 is 2.05 bits per heavy atom. The van der Waals surface area contributed by atoms with Gasteiger partial charge in [-0.3, -0.25) is 4.21 Å². The molecule has 0 aliphatic carbocycles. The van der Waals surface area contributed by atoms with E-state index in [2.05, 4.69) is 64.5 Å². The normalized spacial score (nSPS) is 14.5. The van der Waals surface area contributed by atoms with Crippen molar-refractivity contribution in [2.75, 3.05) is 5.75 Å². The third kappa shape index (κ3) is 4.79. The highest BCUT2D eigenvalue weighted by Crippen LogP contribution is 2.30. The zero-order chi connectivity index (χ0) is 16.2. The summed E-state index contributed by atoms with van der Waals surface area (Å²) >= 11 is 3.49. The maximum atomic E-state index is 12.4. The SMILES string of the molecule is CC(C)(C)[S@@](=O)CC[C@H](c1ccccc1)c1ccc(Br)cc1. The van der Waals surface area contributed by atoms with E-state index in [4.69, 9.17) is 0 Å². The van der Waals surface area contributed by atoms with Crippen LogP contribution in [0.15, 0.2) is 59.1 Å². The molecule has 0 radical (unpaired) electrons. The van der Waals surface area contributed by atoms with E-state index in [9.17, 15) is 4.21 Å². The van der Waals surface area contributed by atoms with Crippen LogP contribution in [0.4, 0.5) is 0 Å². The first kappa shape index (κ1) is 17.4. The molecule has 0 saturated carbocycles. The van der Waals surface area contributed by atoms with E-state index in [1.54, 1.807) is 0 Å². The molecular weight excluding hydrogens is 356 g/mol. The van der Waals surface area contributed by atoms with Crippen LogP contribution in [0.2, 0.25) is 0 Å². The minimum atomic E-state index is -0.819. The standard InChI is InChI=1S/C19H23BrOS/c1-19(2,3)22(21)14-13-18(15-7-5-4-6-8-15)16-9-11-17(20)12-10-16/h4-12,18H,13-14H2,1-3H3/t18-,22+/m1/s1.